The van der Waals surface area contributed by atoms with Gasteiger partial charge in [0.05, 0.1) is 6.54 Å². The number of carbonyl (C=O) groups is 4. The Balaban J connectivity index is 1.51. The molecule has 32 heavy (non-hydrogen) atoms. The lowest BCUT2D eigenvalue weighted by molar-refractivity contribution is -0.148. The molecule has 1 aliphatic carbocycles. The molecule has 0 aromatic heterocycles. The first kappa shape index (κ1) is 22.3. The largest absolute Gasteiger partial charge is 0.354 e. The number of nitrogens with one attached hydrogen (secondary N) is 2. The van der Waals surface area contributed by atoms with Crippen LogP contribution in [0.5, 0.6) is 0 Å². The van der Waals surface area contributed by atoms with Crippen LogP contribution in [0.2, 0.25) is 0 Å². The van der Waals surface area contributed by atoms with Crippen molar-refractivity contribution in [2.45, 2.75) is 57.0 Å². The van der Waals surface area contributed by atoms with Crippen LogP contribution >= 0.6 is 0 Å². The Hall–Kier alpha value is -2.90. The van der Waals surface area contributed by atoms with Crippen LogP contribution in [0.25, 0.3) is 0 Å². The number of benzene rings is 1. The van der Waals surface area contributed by atoms with Crippen molar-refractivity contribution in [2.75, 3.05) is 26.2 Å². The Morgan fingerprint density at radius 3 is 2.41 bits per heavy atom. The molecule has 2 atom stereocenters. The quantitative estimate of drug-likeness (QED) is 0.738. The molecule has 3 aliphatic rings. The zero-order chi connectivity index (χ0) is 22.5. The fourth-order valence-corrected chi connectivity index (χ4v) is 4.98. The standard InChI is InChI=1S/C24H32N4O4/c29-21-19(12-7-13-25-21)26-22(30)20-16-27(23(31)17-8-3-1-4-9-17)14-15-28(20)24(32)18-10-5-2-6-11-18/h1,3-4,8-9,18-20H,2,5-7,10-16H2,(H,25,29)(H,26,30)/t19-,20-/m1/s1. The number of nitrogens with zero attached hydrogens (tertiary/aromatic N) is 2. The molecule has 0 unspecified atom stereocenters. The van der Waals surface area contributed by atoms with Gasteiger partial charge >= 0.3 is 0 Å². The summed E-state index contributed by atoms with van der Waals surface area (Å²) < 4.78 is 0. The highest BCUT2D eigenvalue weighted by Gasteiger charge is 2.40. The van der Waals surface area contributed by atoms with Gasteiger partial charge in [0.2, 0.25) is 17.7 Å². The second kappa shape index (κ2) is 10.1. The van der Waals surface area contributed by atoms with Crippen molar-refractivity contribution in [3.8, 4) is 0 Å². The number of amides is 4. The van der Waals surface area contributed by atoms with Gasteiger partial charge in [0.1, 0.15) is 12.1 Å². The van der Waals surface area contributed by atoms with Crippen molar-refractivity contribution in [2.24, 2.45) is 5.92 Å². The number of hydrogen-bond acceptors (Lipinski definition) is 4. The molecule has 3 fully saturated rings. The van der Waals surface area contributed by atoms with E-state index >= 15 is 0 Å². The highest BCUT2D eigenvalue weighted by atomic mass is 16.2. The van der Waals surface area contributed by atoms with Crippen LogP contribution in [-0.2, 0) is 14.4 Å². The first-order valence-electron chi connectivity index (χ1n) is 11.8. The molecular formula is C24H32N4O4. The Morgan fingerprint density at radius 1 is 0.938 bits per heavy atom. The molecule has 1 saturated carbocycles. The molecular weight excluding hydrogens is 408 g/mol. The Kier molecular flexibility index (Phi) is 7.07. The van der Waals surface area contributed by atoms with E-state index < -0.39 is 12.1 Å². The summed E-state index contributed by atoms with van der Waals surface area (Å²) in [6, 6.07) is 7.59. The predicted octanol–water partition coefficient (Wildman–Crippen LogP) is 1.31. The van der Waals surface area contributed by atoms with E-state index in [-0.39, 0.29) is 36.1 Å². The summed E-state index contributed by atoms with van der Waals surface area (Å²) >= 11 is 0. The topological polar surface area (TPSA) is 98.8 Å². The molecule has 0 radical (unpaired) electrons. The number of carbonyl (C=O) groups excluding carboxylic acids is 4. The van der Waals surface area contributed by atoms with Gasteiger partial charge in [-0.05, 0) is 37.8 Å². The van der Waals surface area contributed by atoms with E-state index in [9.17, 15) is 19.2 Å². The van der Waals surface area contributed by atoms with E-state index in [0.29, 0.717) is 31.6 Å². The maximum atomic E-state index is 13.3. The molecule has 2 heterocycles. The molecule has 2 aliphatic heterocycles. The highest BCUT2D eigenvalue weighted by Crippen LogP contribution is 2.27. The van der Waals surface area contributed by atoms with Crippen LogP contribution in [-0.4, -0.2) is 71.7 Å². The monoisotopic (exact) mass is 440 g/mol. The molecule has 2 saturated heterocycles. The van der Waals surface area contributed by atoms with E-state index in [1.807, 2.05) is 18.2 Å². The molecule has 1 aromatic rings. The van der Waals surface area contributed by atoms with E-state index in [2.05, 4.69) is 10.6 Å². The summed E-state index contributed by atoms with van der Waals surface area (Å²) in [5.41, 5.74) is 0.561. The summed E-state index contributed by atoms with van der Waals surface area (Å²) in [7, 11) is 0. The van der Waals surface area contributed by atoms with Gasteiger partial charge in [-0.1, -0.05) is 37.5 Å². The van der Waals surface area contributed by atoms with Crippen LogP contribution in [0.1, 0.15) is 55.3 Å². The van der Waals surface area contributed by atoms with Crippen molar-refractivity contribution in [3.63, 3.8) is 0 Å². The van der Waals surface area contributed by atoms with Crippen molar-refractivity contribution in [1.82, 2.24) is 20.4 Å². The molecule has 8 nitrogen and oxygen atoms in total. The summed E-state index contributed by atoms with van der Waals surface area (Å²) in [5.74, 6) is -0.758. The molecule has 2 N–H and O–H groups in total. The number of hydrogen-bond donors (Lipinski definition) is 2. The molecule has 8 heteroatoms. The van der Waals surface area contributed by atoms with Crippen LogP contribution in [0.3, 0.4) is 0 Å². The minimum absolute atomic E-state index is 0.00440. The lowest BCUT2D eigenvalue weighted by atomic mass is 9.87. The third kappa shape index (κ3) is 4.95. The Labute approximate surface area is 188 Å². The van der Waals surface area contributed by atoms with Gasteiger partial charge in [0.25, 0.3) is 5.91 Å². The summed E-state index contributed by atoms with van der Waals surface area (Å²) in [6.07, 6.45) is 6.27. The molecule has 0 spiro atoms. The normalized spacial score (nSPS) is 24.6. The number of piperazine rings is 1. The SMILES string of the molecule is O=C(N[C@@H]1CCCNC1=O)[C@H]1CN(C(=O)c2ccccc2)CCN1C(=O)C1CCCCC1. The Bertz CT molecular complexity index is 853. The maximum absolute atomic E-state index is 13.3. The average molecular weight is 441 g/mol. The van der Waals surface area contributed by atoms with Crippen LogP contribution in [0.4, 0.5) is 0 Å². The van der Waals surface area contributed by atoms with Gasteiger partial charge in [-0.15, -0.1) is 0 Å². The second-order valence-corrected chi connectivity index (χ2v) is 8.99. The van der Waals surface area contributed by atoms with E-state index in [1.165, 1.54) is 0 Å². The molecule has 172 valence electrons. The lowest BCUT2D eigenvalue weighted by Gasteiger charge is -2.42. The van der Waals surface area contributed by atoms with Gasteiger partial charge in [0.15, 0.2) is 0 Å². The molecule has 4 amide bonds. The second-order valence-electron chi connectivity index (χ2n) is 8.99. The molecule has 0 bridgehead atoms. The van der Waals surface area contributed by atoms with Crippen LogP contribution in [0, 0.1) is 5.92 Å². The number of piperidine rings is 1. The molecule has 1 aromatic carbocycles. The third-order valence-corrected chi connectivity index (χ3v) is 6.83. The van der Waals surface area contributed by atoms with Crippen molar-refractivity contribution in [1.29, 1.82) is 0 Å². The van der Waals surface area contributed by atoms with Gasteiger partial charge in [-0.25, -0.2) is 0 Å². The van der Waals surface area contributed by atoms with E-state index in [0.717, 1.165) is 38.5 Å². The van der Waals surface area contributed by atoms with Gasteiger partial charge in [0, 0.05) is 31.1 Å². The van der Waals surface area contributed by atoms with Gasteiger partial charge in [-0.2, -0.15) is 0 Å². The fourth-order valence-electron chi connectivity index (χ4n) is 4.98. The first-order valence-corrected chi connectivity index (χ1v) is 11.8. The summed E-state index contributed by atoms with van der Waals surface area (Å²) in [5, 5.41) is 5.62. The number of rotatable bonds is 4. The van der Waals surface area contributed by atoms with Gasteiger partial charge < -0.3 is 20.4 Å². The van der Waals surface area contributed by atoms with Gasteiger partial charge in [-0.3, -0.25) is 19.2 Å². The summed E-state index contributed by atoms with van der Waals surface area (Å²) in [6.45, 7) is 1.45. The third-order valence-electron chi connectivity index (χ3n) is 6.83. The predicted molar refractivity (Wildman–Crippen MR) is 119 cm³/mol. The van der Waals surface area contributed by atoms with Crippen molar-refractivity contribution in [3.05, 3.63) is 35.9 Å². The van der Waals surface area contributed by atoms with Crippen LogP contribution in [0.15, 0.2) is 30.3 Å². The maximum Gasteiger partial charge on any atom is 0.253 e. The highest BCUT2D eigenvalue weighted by molar-refractivity contribution is 5.96. The Morgan fingerprint density at radius 2 is 1.69 bits per heavy atom. The van der Waals surface area contributed by atoms with E-state index in [4.69, 9.17) is 0 Å². The van der Waals surface area contributed by atoms with Crippen molar-refractivity contribution >= 4 is 23.6 Å². The minimum atomic E-state index is -0.791. The minimum Gasteiger partial charge on any atom is -0.354 e. The molecule has 4 rings (SSSR count). The van der Waals surface area contributed by atoms with Crippen LogP contribution < -0.4 is 10.6 Å². The summed E-state index contributed by atoms with van der Waals surface area (Å²) in [4.78, 5) is 55.1. The van der Waals surface area contributed by atoms with E-state index in [1.54, 1.807) is 21.9 Å². The smallest absolute Gasteiger partial charge is 0.253 e. The fraction of sp³-hybridized carbons (Fsp3) is 0.583. The first-order chi connectivity index (χ1) is 15.5. The zero-order valence-electron chi connectivity index (χ0n) is 18.4. The lowest BCUT2D eigenvalue weighted by Crippen LogP contribution is -2.64. The average Bonchev–Trinajstić information content (AvgIpc) is 2.85. The zero-order valence-corrected chi connectivity index (χ0v) is 18.4. The van der Waals surface area contributed by atoms with Crippen molar-refractivity contribution < 1.29 is 19.2 Å².